The smallest absolute Gasteiger partial charge is 0.247 e. The SMILES string of the molecule is C=CCN1C[C@@H]2C[C@H]3[C@@H](C(=O)Nc4ccccc4)N(C(=O)C4CCCCC4)[C@]2(c2ccc(C#N)cc2)[C@@]12CCC[C@H]32. The molecule has 6 atom stereocenters. The van der Waals surface area contributed by atoms with Crippen LogP contribution in [0.25, 0.3) is 0 Å². The monoisotopic (exact) mass is 548 g/mol. The number of piperidine rings is 2. The van der Waals surface area contributed by atoms with Crippen LogP contribution in [0.1, 0.15) is 68.9 Å². The number of rotatable bonds is 6. The lowest BCUT2D eigenvalue weighted by atomic mass is 9.48. The van der Waals surface area contributed by atoms with E-state index in [1.54, 1.807) is 0 Å². The number of carbonyl (C=O) groups excluding carboxylic acids is 2. The second-order valence-electron chi connectivity index (χ2n) is 13.0. The summed E-state index contributed by atoms with van der Waals surface area (Å²) in [7, 11) is 0. The van der Waals surface area contributed by atoms with Crippen LogP contribution in [0.5, 0.6) is 0 Å². The molecule has 6 heteroatoms. The molecule has 3 saturated carbocycles. The lowest BCUT2D eigenvalue weighted by molar-refractivity contribution is -0.205. The van der Waals surface area contributed by atoms with Gasteiger partial charge in [0.15, 0.2) is 0 Å². The van der Waals surface area contributed by atoms with Crippen LogP contribution < -0.4 is 5.32 Å². The highest BCUT2D eigenvalue weighted by Crippen LogP contribution is 2.72. The first-order chi connectivity index (χ1) is 20.1. The first-order valence-corrected chi connectivity index (χ1v) is 15.6. The Hall–Kier alpha value is -3.43. The average Bonchev–Trinajstić information content (AvgIpc) is 3.56. The van der Waals surface area contributed by atoms with E-state index in [4.69, 9.17) is 0 Å². The molecule has 1 N–H and O–H groups in total. The molecule has 6 aliphatic rings. The molecule has 3 aliphatic carbocycles. The molecule has 6 nitrogen and oxygen atoms in total. The molecule has 3 aliphatic heterocycles. The van der Waals surface area contributed by atoms with Gasteiger partial charge in [-0.05, 0) is 73.8 Å². The highest BCUT2D eigenvalue weighted by Gasteiger charge is 2.80. The second kappa shape index (κ2) is 10.1. The normalized spacial score (nSPS) is 34.2. The summed E-state index contributed by atoms with van der Waals surface area (Å²) in [6, 6.07) is 19.4. The van der Waals surface area contributed by atoms with Crippen molar-refractivity contribution in [2.75, 3.05) is 18.4 Å². The molecule has 2 aromatic carbocycles. The molecule has 1 spiro atoms. The highest BCUT2D eigenvalue weighted by atomic mass is 16.2. The number of para-hydroxylation sites is 1. The first-order valence-electron chi connectivity index (χ1n) is 15.6. The van der Waals surface area contributed by atoms with Crippen LogP contribution in [-0.2, 0) is 15.1 Å². The van der Waals surface area contributed by atoms with Gasteiger partial charge < -0.3 is 10.2 Å². The van der Waals surface area contributed by atoms with Crippen LogP contribution in [0.2, 0.25) is 0 Å². The molecule has 2 amide bonds. The molecule has 41 heavy (non-hydrogen) atoms. The Balaban J connectivity index is 1.45. The van der Waals surface area contributed by atoms with Gasteiger partial charge in [0.2, 0.25) is 11.8 Å². The van der Waals surface area contributed by atoms with Crippen molar-refractivity contribution in [1.29, 1.82) is 5.26 Å². The lowest BCUT2D eigenvalue weighted by Gasteiger charge is -2.69. The van der Waals surface area contributed by atoms with E-state index >= 15 is 4.79 Å². The minimum atomic E-state index is -0.618. The summed E-state index contributed by atoms with van der Waals surface area (Å²) < 4.78 is 0. The topological polar surface area (TPSA) is 76.4 Å². The van der Waals surface area contributed by atoms with Gasteiger partial charge in [0, 0.05) is 30.6 Å². The molecule has 0 radical (unpaired) electrons. The van der Waals surface area contributed by atoms with Gasteiger partial charge in [-0.2, -0.15) is 5.26 Å². The summed E-state index contributed by atoms with van der Waals surface area (Å²) in [6.45, 7) is 5.81. The summed E-state index contributed by atoms with van der Waals surface area (Å²) in [5.41, 5.74) is 1.63. The summed E-state index contributed by atoms with van der Waals surface area (Å²) in [6.07, 6.45) is 11.2. The van der Waals surface area contributed by atoms with E-state index < -0.39 is 11.6 Å². The van der Waals surface area contributed by atoms with Crippen molar-refractivity contribution in [3.05, 3.63) is 78.4 Å². The number of anilines is 1. The van der Waals surface area contributed by atoms with E-state index in [9.17, 15) is 10.1 Å². The number of likely N-dealkylation sites (tertiary alicyclic amines) is 1. The number of nitrogens with zero attached hydrogens (tertiary/aromatic N) is 3. The number of fused-ring (bicyclic) bond motifs is 1. The van der Waals surface area contributed by atoms with Gasteiger partial charge >= 0.3 is 0 Å². The van der Waals surface area contributed by atoms with Crippen molar-refractivity contribution in [2.45, 2.75) is 74.9 Å². The standard InChI is InChI=1S/C35H40N4O2/c1-2-20-38-23-27-21-29-30-14-9-19-34(30,38)35(27,26-17-15-24(22-36)16-18-26)39(33(41)25-10-5-3-6-11-25)31(29)32(40)37-28-12-7-4-8-13-28/h2,4,7-8,12-13,15-18,25,27,29-31H,1,3,5-6,9-11,14,19-21,23H2,(H,37,40)/t27-,29+,30+,31-,34-,35-/m0/s1. The van der Waals surface area contributed by atoms with Gasteiger partial charge in [-0.1, -0.05) is 62.1 Å². The summed E-state index contributed by atoms with van der Waals surface area (Å²) in [5, 5.41) is 12.9. The van der Waals surface area contributed by atoms with Crippen molar-refractivity contribution < 1.29 is 9.59 Å². The molecular weight excluding hydrogens is 508 g/mol. The van der Waals surface area contributed by atoms with Crippen LogP contribution in [-0.4, -0.2) is 46.3 Å². The fourth-order valence-corrected chi connectivity index (χ4v) is 10.2. The fourth-order valence-electron chi connectivity index (χ4n) is 10.2. The predicted molar refractivity (Wildman–Crippen MR) is 159 cm³/mol. The van der Waals surface area contributed by atoms with Gasteiger partial charge in [0.1, 0.15) is 6.04 Å². The summed E-state index contributed by atoms with van der Waals surface area (Å²) in [4.78, 5) is 34.3. The molecule has 2 aromatic rings. The first kappa shape index (κ1) is 26.5. The molecule has 212 valence electrons. The Morgan fingerprint density at radius 3 is 2.49 bits per heavy atom. The van der Waals surface area contributed by atoms with Crippen LogP contribution in [0.15, 0.2) is 67.3 Å². The van der Waals surface area contributed by atoms with Crippen molar-refractivity contribution in [3.8, 4) is 6.07 Å². The Morgan fingerprint density at radius 2 is 1.78 bits per heavy atom. The number of nitriles is 1. The lowest BCUT2D eigenvalue weighted by Crippen LogP contribution is -2.80. The van der Waals surface area contributed by atoms with Gasteiger partial charge in [-0.15, -0.1) is 6.58 Å². The molecule has 6 fully saturated rings. The Morgan fingerprint density at radius 1 is 1.02 bits per heavy atom. The Bertz CT molecular complexity index is 1380. The van der Waals surface area contributed by atoms with E-state index in [2.05, 4.69) is 39.9 Å². The van der Waals surface area contributed by atoms with E-state index in [-0.39, 0.29) is 35.1 Å². The largest absolute Gasteiger partial charge is 0.324 e. The molecule has 0 unspecified atom stereocenters. The predicted octanol–water partition coefficient (Wildman–Crippen LogP) is 5.86. The molecule has 0 aromatic heterocycles. The zero-order valence-electron chi connectivity index (χ0n) is 23.8. The highest BCUT2D eigenvalue weighted by molar-refractivity contribution is 5.99. The number of amides is 2. The quantitative estimate of drug-likeness (QED) is 0.459. The van der Waals surface area contributed by atoms with E-state index in [1.165, 1.54) is 6.42 Å². The average molecular weight is 549 g/mol. The minimum Gasteiger partial charge on any atom is -0.324 e. The third kappa shape index (κ3) is 3.64. The number of hydrogen-bond acceptors (Lipinski definition) is 4. The van der Waals surface area contributed by atoms with Crippen molar-refractivity contribution in [1.82, 2.24) is 9.80 Å². The Kier molecular flexibility index (Phi) is 6.54. The number of nitrogens with one attached hydrogen (secondary N) is 1. The van der Waals surface area contributed by atoms with Crippen LogP contribution >= 0.6 is 0 Å². The third-order valence-corrected chi connectivity index (χ3v) is 11.4. The van der Waals surface area contributed by atoms with Gasteiger partial charge in [-0.25, -0.2) is 0 Å². The fraction of sp³-hybridized carbons (Fsp3) is 0.514. The maximum atomic E-state index is 15.0. The Labute approximate surface area is 243 Å². The molecule has 3 heterocycles. The minimum absolute atomic E-state index is 0.0473. The zero-order valence-corrected chi connectivity index (χ0v) is 23.8. The van der Waals surface area contributed by atoms with Crippen LogP contribution in [0, 0.1) is 35.0 Å². The maximum absolute atomic E-state index is 15.0. The third-order valence-electron chi connectivity index (χ3n) is 11.4. The second-order valence-corrected chi connectivity index (χ2v) is 13.0. The van der Waals surface area contributed by atoms with E-state index in [1.807, 2.05) is 48.5 Å². The van der Waals surface area contributed by atoms with E-state index in [0.29, 0.717) is 11.5 Å². The molecule has 8 rings (SSSR count). The summed E-state index contributed by atoms with van der Waals surface area (Å²) in [5.74, 6) is 0.728. The zero-order chi connectivity index (χ0) is 28.2. The number of carbonyl (C=O) groups is 2. The number of benzene rings is 2. The number of hydrogen-bond donors (Lipinski definition) is 1. The molecule has 4 bridgehead atoms. The van der Waals surface area contributed by atoms with Gasteiger partial charge in [0.05, 0.1) is 22.7 Å². The van der Waals surface area contributed by atoms with Gasteiger partial charge in [0.25, 0.3) is 0 Å². The molecule has 3 saturated heterocycles. The van der Waals surface area contributed by atoms with Crippen molar-refractivity contribution in [2.24, 2.45) is 23.7 Å². The van der Waals surface area contributed by atoms with Crippen molar-refractivity contribution in [3.63, 3.8) is 0 Å². The van der Waals surface area contributed by atoms with Crippen molar-refractivity contribution >= 4 is 17.5 Å². The van der Waals surface area contributed by atoms with Gasteiger partial charge in [-0.3, -0.25) is 14.5 Å². The maximum Gasteiger partial charge on any atom is 0.247 e. The molecular formula is C35H40N4O2. The van der Waals surface area contributed by atoms with Crippen LogP contribution in [0.4, 0.5) is 5.69 Å². The van der Waals surface area contributed by atoms with Crippen LogP contribution in [0.3, 0.4) is 0 Å². The van der Waals surface area contributed by atoms with E-state index in [0.717, 1.165) is 75.7 Å². The summed E-state index contributed by atoms with van der Waals surface area (Å²) >= 11 is 0.